The number of aldehydes is 1. The summed E-state index contributed by atoms with van der Waals surface area (Å²) >= 11 is 0. The lowest BCUT2D eigenvalue weighted by molar-refractivity contribution is -0.143. The van der Waals surface area contributed by atoms with Crippen molar-refractivity contribution in [2.24, 2.45) is 0 Å². The van der Waals surface area contributed by atoms with Crippen LogP contribution in [-0.2, 0) is 14.3 Å². The largest absolute Gasteiger partial charge is 0.466 e. The smallest absolute Gasteiger partial charge is 0.305 e. The minimum Gasteiger partial charge on any atom is -0.466 e. The van der Waals surface area contributed by atoms with Crippen LogP contribution in [0.15, 0.2) is 0 Å². The van der Waals surface area contributed by atoms with Gasteiger partial charge in [-0.15, -0.1) is 0 Å². The molecule has 0 aliphatic heterocycles. The third kappa shape index (κ3) is 29.2. The molecular weight excluding hydrogens is 420 g/mol. The Bertz CT molecular complexity index is 407. The Labute approximate surface area is 213 Å². The predicted octanol–water partition coefficient (Wildman–Crippen LogP) is 10.3. The molecule has 0 aliphatic carbocycles. The number of carbonyl (C=O) groups is 2. The molecule has 34 heavy (non-hydrogen) atoms. The van der Waals surface area contributed by atoms with Crippen molar-refractivity contribution < 1.29 is 14.3 Å². The van der Waals surface area contributed by atoms with Crippen molar-refractivity contribution >= 4 is 12.3 Å². The van der Waals surface area contributed by atoms with Gasteiger partial charge in [-0.05, 0) is 19.3 Å². The van der Waals surface area contributed by atoms with Gasteiger partial charge < -0.3 is 9.53 Å². The number of unbranched alkanes of at least 4 members (excludes halogenated alkanes) is 24. The van der Waals surface area contributed by atoms with Gasteiger partial charge >= 0.3 is 5.97 Å². The van der Waals surface area contributed by atoms with Crippen molar-refractivity contribution in [3.63, 3.8) is 0 Å². The summed E-state index contributed by atoms with van der Waals surface area (Å²) < 4.78 is 5.40. The molecule has 0 saturated carbocycles. The molecule has 0 N–H and O–H groups in total. The predicted molar refractivity (Wildman–Crippen MR) is 147 cm³/mol. The first-order valence-corrected chi connectivity index (χ1v) is 15.4. The summed E-state index contributed by atoms with van der Waals surface area (Å²) in [5.41, 5.74) is 0. The van der Waals surface area contributed by atoms with E-state index < -0.39 is 0 Å². The van der Waals surface area contributed by atoms with Crippen molar-refractivity contribution in [2.45, 2.75) is 180 Å². The molecule has 0 atom stereocenters. The van der Waals surface area contributed by atoms with Gasteiger partial charge in [0, 0.05) is 12.8 Å². The van der Waals surface area contributed by atoms with Crippen LogP contribution in [0.25, 0.3) is 0 Å². The Morgan fingerprint density at radius 1 is 0.500 bits per heavy atom. The van der Waals surface area contributed by atoms with Crippen LogP contribution in [0, 0.1) is 0 Å². The maximum atomic E-state index is 11.8. The minimum absolute atomic E-state index is 0.0100. The molecule has 0 bridgehead atoms. The Morgan fingerprint density at radius 3 is 1.26 bits per heavy atom. The standard InChI is InChI=1S/C31H60O3/c1-2-3-4-5-6-7-8-13-16-19-22-25-28-31(33)34-30-27-24-21-18-15-12-10-9-11-14-17-20-23-26-29-32/h29H,2-28,30H2,1H3. The van der Waals surface area contributed by atoms with E-state index in [9.17, 15) is 9.59 Å². The van der Waals surface area contributed by atoms with Crippen molar-refractivity contribution in [3.8, 4) is 0 Å². The first kappa shape index (κ1) is 33.1. The van der Waals surface area contributed by atoms with E-state index in [-0.39, 0.29) is 5.97 Å². The number of rotatable bonds is 29. The van der Waals surface area contributed by atoms with Gasteiger partial charge in [0.1, 0.15) is 6.29 Å². The lowest BCUT2D eigenvalue weighted by Gasteiger charge is -2.06. The molecule has 0 heterocycles. The summed E-state index contributed by atoms with van der Waals surface area (Å²) in [6.07, 6.45) is 34.8. The highest BCUT2D eigenvalue weighted by Crippen LogP contribution is 2.14. The van der Waals surface area contributed by atoms with Gasteiger partial charge in [-0.1, -0.05) is 148 Å². The second-order valence-corrected chi connectivity index (χ2v) is 10.4. The van der Waals surface area contributed by atoms with E-state index in [0.717, 1.165) is 32.0 Å². The fourth-order valence-electron chi connectivity index (χ4n) is 4.64. The minimum atomic E-state index is 0.0100. The quantitative estimate of drug-likeness (QED) is 0.0607. The first-order valence-electron chi connectivity index (χ1n) is 15.4. The van der Waals surface area contributed by atoms with E-state index in [2.05, 4.69) is 6.92 Å². The van der Waals surface area contributed by atoms with E-state index in [1.165, 1.54) is 141 Å². The summed E-state index contributed by atoms with van der Waals surface area (Å²) in [6.45, 7) is 2.89. The van der Waals surface area contributed by atoms with Crippen LogP contribution in [0.2, 0.25) is 0 Å². The Morgan fingerprint density at radius 2 is 0.853 bits per heavy atom. The Hall–Kier alpha value is -0.860. The van der Waals surface area contributed by atoms with E-state index in [1.807, 2.05) is 0 Å². The monoisotopic (exact) mass is 480 g/mol. The van der Waals surface area contributed by atoms with Crippen molar-refractivity contribution in [1.82, 2.24) is 0 Å². The average molecular weight is 481 g/mol. The van der Waals surface area contributed by atoms with Gasteiger partial charge in [0.25, 0.3) is 0 Å². The van der Waals surface area contributed by atoms with Crippen LogP contribution in [-0.4, -0.2) is 18.9 Å². The lowest BCUT2D eigenvalue weighted by Crippen LogP contribution is -2.05. The SMILES string of the molecule is CCCCCCCCCCCCCCC(=O)OCCCCCCCCCCCCCCCC=O. The normalized spacial score (nSPS) is 11.1. The second kappa shape index (κ2) is 30.2. The molecular formula is C31H60O3. The van der Waals surface area contributed by atoms with Crippen molar-refractivity contribution in [1.29, 1.82) is 0 Å². The molecule has 3 nitrogen and oxygen atoms in total. The highest BCUT2D eigenvalue weighted by atomic mass is 16.5. The molecule has 0 fully saturated rings. The third-order valence-corrected chi connectivity index (χ3v) is 6.96. The highest BCUT2D eigenvalue weighted by molar-refractivity contribution is 5.69. The van der Waals surface area contributed by atoms with Crippen LogP contribution in [0.3, 0.4) is 0 Å². The van der Waals surface area contributed by atoms with Gasteiger partial charge in [0.2, 0.25) is 0 Å². The van der Waals surface area contributed by atoms with Crippen LogP contribution in [0.4, 0.5) is 0 Å². The van der Waals surface area contributed by atoms with Crippen LogP contribution >= 0.6 is 0 Å². The summed E-state index contributed by atoms with van der Waals surface area (Å²) in [5.74, 6) is 0.0100. The molecule has 0 spiro atoms. The van der Waals surface area contributed by atoms with Gasteiger partial charge in [-0.25, -0.2) is 0 Å². The van der Waals surface area contributed by atoms with Gasteiger partial charge in [-0.2, -0.15) is 0 Å². The molecule has 0 aliphatic rings. The fourth-order valence-corrected chi connectivity index (χ4v) is 4.64. The molecule has 202 valence electrons. The lowest BCUT2D eigenvalue weighted by atomic mass is 10.0. The highest BCUT2D eigenvalue weighted by Gasteiger charge is 2.02. The average Bonchev–Trinajstić information content (AvgIpc) is 2.84. The Kier molecular flexibility index (Phi) is 29.4. The molecule has 0 saturated heterocycles. The fraction of sp³-hybridized carbons (Fsp3) is 0.935. The van der Waals surface area contributed by atoms with E-state index in [0.29, 0.717) is 13.0 Å². The molecule has 0 amide bonds. The van der Waals surface area contributed by atoms with Gasteiger partial charge in [0.05, 0.1) is 6.61 Å². The topological polar surface area (TPSA) is 43.4 Å². The number of hydrogen-bond donors (Lipinski definition) is 0. The van der Waals surface area contributed by atoms with E-state index in [1.54, 1.807) is 0 Å². The van der Waals surface area contributed by atoms with E-state index >= 15 is 0 Å². The molecule has 0 rings (SSSR count). The van der Waals surface area contributed by atoms with Crippen molar-refractivity contribution in [3.05, 3.63) is 0 Å². The third-order valence-electron chi connectivity index (χ3n) is 6.96. The molecule has 0 aromatic heterocycles. The summed E-state index contributed by atoms with van der Waals surface area (Å²) in [7, 11) is 0. The van der Waals surface area contributed by atoms with Crippen LogP contribution < -0.4 is 0 Å². The van der Waals surface area contributed by atoms with Crippen LogP contribution in [0.5, 0.6) is 0 Å². The summed E-state index contributed by atoms with van der Waals surface area (Å²) in [6, 6.07) is 0. The summed E-state index contributed by atoms with van der Waals surface area (Å²) in [5, 5.41) is 0. The zero-order chi connectivity index (χ0) is 24.8. The first-order chi connectivity index (χ1) is 16.8. The maximum absolute atomic E-state index is 11.8. The number of esters is 1. The van der Waals surface area contributed by atoms with Crippen molar-refractivity contribution in [2.75, 3.05) is 6.61 Å². The molecule has 0 radical (unpaired) electrons. The van der Waals surface area contributed by atoms with E-state index in [4.69, 9.17) is 4.74 Å². The van der Waals surface area contributed by atoms with Gasteiger partial charge in [-0.3, -0.25) is 4.79 Å². The molecule has 0 aromatic rings. The summed E-state index contributed by atoms with van der Waals surface area (Å²) in [4.78, 5) is 22.1. The molecule has 0 aromatic carbocycles. The zero-order valence-corrected chi connectivity index (χ0v) is 23.1. The van der Waals surface area contributed by atoms with Crippen LogP contribution in [0.1, 0.15) is 180 Å². The number of carbonyl (C=O) groups excluding carboxylic acids is 2. The molecule has 3 heteroatoms. The zero-order valence-electron chi connectivity index (χ0n) is 23.1. The van der Waals surface area contributed by atoms with Gasteiger partial charge in [0.15, 0.2) is 0 Å². The Balaban J connectivity index is 3.14. The maximum Gasteiger partial charge on any atom is 0.305 e. The second-order valence-electron chi connectivity index (χ2n) is 10.4. The number of ether oxygens (including phenoxy) is 1. The molecule has 0 unspecified atom stereocenters. The number of hydrogen-bond acceptors (Lipinski definition) is 3.